The van der Waals surface area contributed by atoms with E-state index in [4.69, 9.17) is 5.11 Å². The van der Waals surface area contributed by atoms with Gasteiger partial charge in [0.2, 0.25) is 5.91 Å². The topological polar surface area (TPSA) is 66.4 Å². The lowest BCUT2D eigenvalue weighted by Crippen LogP contribution is -2.30. The second kappa shape index (κ2) is 7.62. The van der Waals surface area contributed by atoms with Gasteiger partial charge in [-0.1, -0.05) is 18.6 Å². The van der Waals surface area contributed by atoms with Crippen LogP contribution in [-0.2, 0) is 9.59 Å². The predicted molar refractivity (Wildman–Crippen MR) is 95.8 cm³/mol. The van der Waals surface area contributed by atoms with Gasteiger partial charge < -0.3 is 10.4 Å². The number of carboxylic acid groups (broad SMARTS) is 1. The Morgan fingerprint density at radius 3 is 2.61 bits per heavy atom. The first-order chi connectivity index (χ1) is 11.1. The fraction of sp³-hybridized carbons (Fsp3) is 0.529. The fourth-order valence-electron chi connectivity index (χ4n) is 3.21. The van der Waals surface area contributed by atoms with Crippen molar-refractivity contribution >= 4 is 41.1 Å². The zero-order valence-corrected chi connectivity index (χ0v) is 14.5. The molecule has 1 heterocycles. The van der Waals surface area contributed by atoms with E-state index in [0.717, 1.165) is 18.5 Å². The van der Waals surface area contributed by atoms with Crippen LogP contribution in [0.25, 0.3) is 0 Å². The minimum absolute atomic E-state index is 0.0418. The lowest BCUT2D eigenvalue weighted by molar-refractivity contribution is -0.143. The molecule has 3 rings (SSSR count). The summed E-state index contributed by atoms with van der Waals surface area (Å²) in [5, 5.41) is 12.1. The van der Waals surface area contributed by atoms with Crippen molar-refractivity contribution < 1.29 is 14.7 Å². The Morgan fingerprint density at radius 1 is 1.13 bits per heavy atom. The van der Waals surface area contributed by atoms with Gasteiger partial charge in [-0.3, -0.25) is 9.59 Å². The molecule has 2 N–H and O–H groups in total. The van der Waals surface area contributed by atoms with Crippen molar-refractivity contribution in [2.24, 2.45) is 11.8 Å². The normalized spacial score (nSPS) is 25.2. The van der Waals surface area contributed by atoms with Crippen molar-refractivity contribution in [2.45, 2.75) is 30.3 Å². The molecule has 0 bridgehead atoms. The molecule has 124 valence electrons. The van der Waals surface area contributed by atoms with Crippen molar-refractivity contribution in [3.05, 3.63) is 29.8 Å². The summed E-state index contributed by atoms with van der Waals surface area (Å²) < 4.78 is 0.456. The first-order valence-corrected chi connectivity index (χ1v) is 10.1. The SMILES string of the molecule is O=C(O)C1CCCC(C(=O)Nc2cccc(C3SCCS3)c2)C1. The molecule has 1 aromatic rings. The summed E-state index contributed by atoms with van der Waals surface area (Å²) in [6.45, 7) is 0. The molecule has 1 aliphatic heterocycles. The van der Waals surface area contributed by atoms with Gasteiger partial charge in [0.25, 0.3) is 0 Å². The molecular formula is C17H21NO3S2. The first kappa shape index (κ1) is 16.7. The third-order valence-corrected chi connectivity index (χ3v) is 7.55. The van der Waals surface area contributed by atoms with Gasteiger partial charge in [-0.2, -0.15) is 0 Å². The van der Waals surface area contributed by atoms with Gasteiger partial charge in [-0.05, 0) is 37.0 Å². The molecule has 1 aliphatic carbocycles. The molecular weight excluding hydrogens is 330 g/mol. The highest BCUT2D eigenvalue weighted by Crippen LogP contribution is 2.45. The third-order valence-electron chi connectivity index (χ3n) is 4.44. The number of anilines is 1. The Labute approximate surface area is 144 Å². The van der Waals surface area contributed by atoms with Crippen LogP contribution in [0.3, 0.4) is 0 Å². The van der Waals surface area contributed by atoms with Gasteiger partial charge >= 0.3 is 5.97 Å². The standard InChI is InChI=1S/C17H21NO3S2/c19-15(11-3-1-4-12(9-11)16(20)21)18-14-6-2-5-13(10-14)17-22-7-8-23-17/h2,5-6,10-12,17H,1,3-4,7-9H2,(H,18,19)(H,20,21). The van der Waals surface area contributed by atoms with E-state index in [1.165, 1.54) is 17.1 Å². The number of carbonyl (C=O) groups excluding carboxylic acids is 1. The number of thioether (sulfide) groups is 2. The molecule has 6 heteroatoms. The fourth-order valence-corrected chi connectivity index (χ4v) is 6.05. The maximum Gasteiger partial charge on any atom is 0.306 e. The maximum absolute atomic E-state index is 12.5. The molecule has 0 aromatic heterocycles. The number of nitrogens with one attached hydrogen (secondary N) is 1. The molecule has 2 unspecified atom stereocenters. The van der Waals surface area contributed by atoms with Crippen LogP contribution in [0.1, 0.15) is 35.8 Å². The summed E-state index contributed by atoms with van der Waals surface area (Å²) in [6.07, 6.45) is 2.73. The van der Waals surface area contributed by atoms with Crippen molar-refractivity contribution in [3.8, 4) is 0 Å². The average Bonchev–Trinajstić information content (AvgIpc) is 3.10. The highest BCUT2D eigenvalue weighted by atomic mass is 32.2. The molecule has 1 aromatic carbocycles. The number of aliphatic carboxylic acids is 1. The van der Waals surface area contributed by atoms with Gasteiger partial charge in [-0.25, -0.2) is 0 Å². The molecule has 1 saturated heterocycles. The van der Waals surface area contributed by atoms with Crippen LogP contribution in [-0.4, -0.2) is 28.5 Å². The maximum atomic E-state index is 12.5. The monoisotopic (exact) mass is 351 g/mol. The Bertz CT molecular complexity index is 587. The number of hydrogen-bond acceptors (Lipinski definition) is 4. The van der Waals surface area contributed by atoms with Crippen molar-refractivity contribution in [1.29, 1.82) is 0 Å². The molecule has 1 saturated carbocycles. The predicted octanol–water partition coefficient (Wildman–Crippen LogP) is 3.99. The van der Waals surface area contributed by atoms with Crippen LogP contribution in [0.2, 0.25) is 0 Å². The van der Waals surface area contributed by atoms with Gasteiger partial charge in [0.05, 0.1) is 10.5 Å². The quantitative estimate of drug-likeness (QED) is 0.858. The van der Waals surface area contributed by atoms with Gasteiger partial charge in [0, 0.05) is 23.1 Å². The molecule has 0 radical (unpaired) electrons. The molecule has 1 amide bonds. The van der Waals surface area contributed by atoms with Crippen LogP contribution in [0.4, 0.5) is 5.69 Å². The Balaban J connectivity index is 1.63. The van der Waals surface area contributed by atoms with E-state index in [0.29, 0.717) is 17.4 Å². The zero-order chi connectivity index (χ0) is 16.2. The van der Waals surface area contributed by atoms with Crippen molar-refractivity contribution in [3.63, 3.8) is 0 Å². The summed E-state index contributed by atoms with van der Waals surface area (Å²) in [5.74, 6) is 0.954. The van der Waals surface area contributed by atoms with E-state index >= 15 is 0 Å². The van der Waals surface area contributed by atoms with Crippen LogP contribution in [0, 0.1) is 11.8 Å². The van der Waals surface area contributed by atoms with Gasteiger partial charge in [-0.15, -0.1) is 23.5 Å². The highest BCUT2D eigenvalue weighted by molar-refractivity contribution is 8.19. The Hall–Kier alpha value is -1.14. The number of benzene rings is 1. The number of carbonyl (C=O) groups is 2. The second-order valence-electron chi connectivity index (χ2n) is 6.09. The second-order valence-corrected chi connectivity index (χ2v) is 8.81. The van der Waals surface area contributed by atoms with Crippen LogP contribution < -0.4 is 5.32 Å². The summed E-state index contributed by atoms with van der Waals surface area (Å²) in [5.41, 5.74) is 2.06. The van der Waals surface area contributed by atoms with E-state index in [1.807, 2.05) is 41.7 Å². The van der Waals surface area contributed by atoms with Crippen molar-refractivity contribution in [1.82, 2.24) is 0 Å². The Kier molecular flexibility index (Phi) is 5.54. The lowest BCUT2D eigenvalue weighted by atomic mass is 9.81. The lowest BCUT2D eigenvalue weighted by Gasteiger charge is -2.25. The van der Waals surface area contributed by atoms with Crippen LogP contribution in [0.15, 0.2) is 24.3 Å². The Morgan fingerprint density at radius 2 is 1.87 bits per heavy atom. The molecule has 0 spiro atoms. The minimum Gasteiger partial charge on any atom is -0.481 e. The van der Waals surface area contributed by atoms with E-state index in [-0.39, 0.29) is 17.7 Å². The van der Waals surface area contributed by atoms with E-state index < -0.39 is 5.97 Å². The summed E-state index contributed by atoms with van der Waals surface area (Å²) in [7, 11) is 0. The van der Waals surface area contributed by atoms with Gasteiger partial charge in [0.1, 0.15) is 0 Å². The number of hydrogen-bond donors (Lipinski definition) is 2. The smallest absolute Gasteiger partial charge is 0.306 e. The van der Waals surface area contributed by atoms with Gasteiger partial charge in [0.15, 0.2) is 0 Å². The molecule has 4 nitrogen and oxygen atoms in total. The van der Waals surface area contributed by atoms with Crippen LogP contribution in [0.5, 0.6) is 0 Å². The summed E-state index contributed by atoms with van der Waals surface area (Å²) >= 11 is 3.88. The molecule has 2 fully saturated rings. The van der Waals surface area contributed by atoms with Crippen molar-refractivity contribution in [2.75, 3.05) is 16.8 Å². The first-order valence-electron chi connectivity index (χ1n) is 8.00. The summed E-state index contributed by atoms with van der Waals surface area (Å²) in [4.78, 5) is 23.6. The van der Waals surface area contributed by atoms with E-state index in [9.17, 15) is 9.59 Å². The van der Waals surface area contributed by atoms with E-state index in [1.54, 1.807) is 0 Å². The minimum atomic E-state index is -0.778. The molecule has 2 aliphatic rings. The largest absolute Gasteiger partial charge is 0.481 e. The number of rotatable bonds is 4. The average molecular weight is 351 g/mol. The van der Waals surface area contributed by atoms with Crippen LogP contribution >= 0.6 is 23.5 Å². The highest BCUT2D eigenvalue weighted by Gasteiger charge is 2.31. The number of amides is 1. The number of carboxylic acids is 1. The third kappa shape index (κ3) is 4.23. The molecule has 23 heavy (non-hydrogen) atoms. The molecule has 2 atom stereocenters. The zero-order valence-electron chi connectivity index (χ0n) is 12.9. The summed E-state index contributed by atoms with van der Waals surface area (Å²) in [6, 6.07) is 8.03. The van der Waals surface area contributed by atoms with E-state index in [2.05, 4.69) is 11.4 Å².